The van der Waals surface area contributed by atoms with E-state index < -0.39 is 10.0 Å². The molecule has 4 rings (SSSR count). The molecule has 1 aliphatic rings. The molecule has 1 amide bonds. The number of fused-ring (bicyclic) bond motifs is 1. The average Bonchev–Trinajstić information content (AvgIpc) is 2.74. The van der Waals surface area contributed by atoms with Crippen molar-refractivity contribution in [1.29, 1.82) is 0 Å². The van der Waals surface area contributed by atoms with Gasteiger partial charge in [0, 0.05) is 35.6 Å². The normalized spacial score (nSPS) is 16.0. The fraction of sp³-hybridized carbons (Fsp3) is 0.238. The van der Waals surface area contributed by atoms with Crippen LogP contribution in [0, 0.1) is 5.92 Å². The Labute approximate surface area is 174 Å². The third kappa shape index (κ3) is 4.12. The monoisotopic (exact) mass is 429 g/mol. The van der Waals surface area contributed by atoms with Crippen LogP contribution in [0.15, 0.2) is 65.7 Å². The van der Waals surface area contributed by atoms with Gasteiger partial charge in [0.1, 0.15) is 0 Å². The van der Waals surface area contributed by atoms with Gasteiger partial charge in [0.25, 0.3) is 0 Å². The second kappa shape index (κ2) is 8.10. The number of hydrogen-bond acceptors (Lipinski definition) is 4. The van der Waals surface area contributed by atoms with Crippen molar-refractivity contribution in [3.8, 4) is 0 Å². The zero-order valence-corrected chi connectivity index (χ0v) is 17.2. The van der Waals surface area contributed by atoms with Crippen LogP contribution < -0.4 is 5.32 Å². The number of piperidine rings is 1. The van der Waals surface area contributed by atoms with Crippen LogP contribution in [0.5, 0.6) is 0 Å². The molecule has 3 aromatic rings. The topological polar surface area (TPSA) is 79.4 Å². The first-order valence-corrected chi connectivity index (χ1v) is 11.2. The first-order chi connectivity index (χ1) is 13.9. The van der Waals surface area contributed by atoms with Crippen LogP contribution in [0.2, 0.25) is 5.02 Å². The standard InChI is InChI=1S/C21H20ClN3O3S/c22-17-6-8-18(9-7-17)29(27,28)25-13-10-16(11-14-25)21(26)24-19-5-1-3-15-4-2-12-23-20(15)19/h1-9,12,16H,10-11,13-14H2,(H,24,26). The number of amides is 1. The number of carbonyl (C=O) groups is 1. The van der Waals surface area contributed by atoms with Crippen LogP contribution in [0.4, 0.5) is 5.69 Å². The predicted molar refractivity (Wildman–Crippen MR) is 113 cm³/mol. The molecule has 1 N–H and O–H groups in total. The zero-order valence-electron chi connectivity index (χ0n) is 15.6. The largest absolute Gasteiger partial charge is 0.324 e. The summed E-state index contributed by atoms with van der Waals surface area (Å²) in [6.45, 7) is 0.605. The van der Waals surface area contributed by atoms with Gasteiger partial charge in [-0.2, -0.15) is 4.31 Å². The lowest BCUT2D eigenvalue weighted by Crippen LogP contribution is -2.41. The van der Waals surface area contributed by atoms with Gasteiger partial charge in [0.05, 0.1) is 16.1 Å². The van der Waals surface area contributed by atoms with E-state index in [1.165, 1.54) is 16.4 Å². The molecular formula is C21H20ClN3O3S. The van der Waals surface area contributed by atoms with Gasteiger partial charge in [-0.05, 0) is 49.2 Å². The third-order valence-corrected chi connectivity index (χ3v) is 7.33. The lowest BCUT2D eigenvalue weighted by Gasteiger charge is -2.30. The summed E-state index contributed by atoms with van der Waals surface area (Å²) in [5.41, 5.74) is 1.41. The molecule has 1 aliphatic heterocycles. The summed E-state index contributed by atoms with van der Waals surface area (Å²) < 4.78 is 27.0. The van der Waals surface area contributed by atoms with E-state index in [2.05, 4.69) is 10.3 Å². The number of carbonyl (C=O) groups excluding carboxylic acids is 1. The second-order valence-electron chi connectivity index (χ2n) is 7.00. The Morgan fingerprint density at radius 3 is 2.45 bits per heavy atom. The molecule has 1 saturated heterocycles. The first-order valence-electron chi connectivity index (χ1n) is 9.35. The Morgan fingerprint density at radius 2 is 1.72 bits per heavy atom. The zero-order chi connectivity index (χ0) is 20.4. The number of nitrogens with one attached hydrogen (secondary N) is 1. The van der Waals surface area contributed by atoms with Gasteiger partial charge in [0.15, 0.2) is 0 Å². The molecule has 1 aromatic heterocycles. The lowest BCUT2D eigenvalue weighted by molar-refractivity contribution is -0.120. The van der Waals surface area contributed by atoms with Crippen LogP contribution in [-0.4, -0.2) is 36.7 Å². The maximum absolute atomic E-state index is 12.8. The highest BCUT2D eigenvalue weighted by Gasteiger charge is 2.32. The van der Waals surface area contributed by atoms with E-state index in [1.54, 1.807) is 18.3 Å². The molecule has 2 heterocycles. The quantitative estimate of drug-likeness (QED) is 0.681. The molecule has 2 aromatic carbocycles. The van der Waals surface area contributed by atoms with Crippen molar-refractivity contribution in [3.05, 3.63) is 65.8 Å². The molecule has 0 bridgehead atoms. The number of sulfonamides is 1. The Hall–Kier alpha value is -2.48. The van der Waals surface area contributed by atoms with E-state index in [1.807, 2.05) is 30.3 Å². The predicted octanol–water partition coefficient (Wildman–Crippen LogP) is 3.93. The molecule has 0 radical (unpaired) electrons. The van der Waals surface area contributed by atoms with E-state index >= 15 is 0 Å². The summed E-state index contributed by atoms with van der Waals surface area (Å²) in [5.74, 6) is -0.350. The van der Waals surface area contributed by atoms with Crippen molar-refractivity contribution in [2.24, 2.45) is 5.92 Å². The van der Waals surface area contributed by atoms with Crippen LogP contribution >= 0.6 is 11.6 Å². The number of benzene rings is 2. The van der Waals surface area contributed by atoms with Crippen molar-refractivity contribution in [2.45, 2.75) is 17.7 Å². The molecule has 8 heteroatoms. The van der Waals surface area contributed by atoms with E-state index in [-0.39, 0.29) is 16.7 Å². The Balaban J connectivity index is 1.43. The number of rotatable bonds is 4. The maximum Gasteiger partial charge on any atom is 0.243 e. The highest BCUT2D eigenvalue weighted by Crippen LogP contribution is 2.27. The lowest BCUT2D eigenvalue weighted by atomic mass is 9.97. The fourth-order valence-electron chi connectivity index (χ4n) is 3.55. The molecule has 0 atom stereocenters. The molecule has 0 saturated carbocycles. The third-order valence-electron chi connectivity index (χ3n) is 5.17. The van der Waals surface area contributed by atoms with Crippen molar-refractivity contribution < 1.29 is 13.2 Å². The van der Waals surface area contributed by atoms with Gasteiger partial charge < -0.3 is 5.32 Å². The van der Waals surface area contributed by atoms with Crippen LogP contribution in [0.25, 0.3) is 10.9 Å². The second-order valence-corrected chi connectivity index (χ2v) is 9.38. The Morgan fingerprint density at radius 1 is 1.03 bits per heavy atom. The van der Waals surface area contributed by atoms with Gasteiger partial charge in [-0.15, -0.1) is 0 Å². The van der Waals surface area contributed by atoms with Crippen molar-refractivity contribution in [3.63, 3.8) is 0 Å². The van der Waals surface area contributed by atoms with Crippen LogP contribution in [0.1, 0.15) is 12.8 Å². The maximum atomic E-state index is 12.8. The van der Waals surface area contributed by atoms with Crippen LogP contribution in [0.3, 0.4) is 0 Å². The molecule has 1 fully saturated rings. The fourth-order valence-corrected chi connectivity index (χ4v) is 5.15. The van der Waals surface area contributed by atoms with E-state index in [0.29, 0.717) is 36.6 Å². The minimum absolute atomic E-state index is 0.105. The number of halogens is 1. The Kier molecular flexibility index (Phi) is 5.54. The van der Waals surface area contributed by atoms with E-state index in [0.717, 1.165) is 10.9 Å². The smallest absolute Gasteiger partial charge is 0.243 e. The minimum Gasteiger partial charge on any atom is -0.324 e. The van der Waals surface area contributed by atoms with Crippen molar-refractivity contribution >= 4 is 44.1 Å². The van der Waals surface area contributed by atoms with E-state index in [4.69, 9.17) is 11.6 Å². The number of nitrogens with zero attached hydrogens (tertiary/aromatic N) is 2. The molecular weight excluding hydrogens is 410 g/mol. The molecule has 6 nitrogen and oxygen atoms in total. The number of hydrogen-bond donors (Lipinski definition) is 1. The number of pyridine rings is 1. The molecule has 0 spiro atoms. The van der Waals surface area contributed by atoms with E-state index in [9.17, 15) is 13.2 Å². The minimum atomic E-state index is -3.58. The van der Waals surface area contributed by atoms with Crippen molar-refractivity contribution in [2.75, 3.05) is 18.4 Å². The van der Waals surface area contributed by atoms with Gasteiger partial charge >= 0.3 is 0 Å². The molecule has 0 aliphatic carbocycles. The molecule has 29 heavy (non-hydrogen) atoms. The summed E-state index contributed by atoms with van der Waals surface area (Å²) in [6, 6.07) is 15.6. The van der Waals surface area contributed by atoms with Gasteiger partial charge in [-0.1, -0.05) is 29.8 Å². The highest BCUT2D eigenvalue weighted by atomic mass is 35.5. The summed E-state index contributed by atoms with van der Waals surface area (Å²) in [5, 5.41) is 4.40. The van der Waals surface area contributed by atoms with Gasteiger partial charge in [-0.25, -0.2) is 8.42 Å². The molecule has 150 valence electrons. The summed E-state index contributed by atoms with van der Waals surface area (Å²) in [7, 11) is -3.58. The average molecular weight is 430 g/mol. The summed E-state index contributed by atoms with van der Waals surface area (Å²) in [4.78, 5) is 17.3. The SMILES string of the molecule is O=C(Nc1cccc2cccnc12)C1CCN(S(=O)(=O)c2ccc(Cl)cc2)CC1. The number of aromatic nitrogens is 1. The van der Waals surface area contributed by atoms with Gasteiger partial charge in [-0.3, -0.25) is 9.78 Å². The Bertz CT molecular complexity index is 1140. The van der Waals surface area contributed by atoms with Crippen molar-refractivity contribution in [1.82, 2.24) is 9.29 Å². The van der Waals surface area contributed by atoms with Gasteiger partial charge in [0.2, 0.25) is 15.9 Å². The summed E-state index contributed by atoms with van der Waals surface area (Å²) in [6.07, 6.45) is 2.63. The molecule has 0 unspecified atom stereocenters. The first kappa shape index (κ1) is 19.8. The van der Waals surface area contributed by atoms with Crippen LogP contribution in [-0.2, 0) is 14.8 Å². The number of para-hydroxylation sites is 1. The highest BCUT2D eigenvalue weighted by molar-refractivity contribution is 7.89. The number of anilines is 1. The summed E-state index contributed by atoms with van der Waals surface area (Å²) >= 11 is 5.85.